The van der Waals surface area contributed by atoms with Crippen LogP contribution in [0.15, 0.2) is 29.1 Å². The van der Waals surface area contributed by atoms with Gasteiger partial charge in [0.1, 0.15) is 0 Å². The molecule has 0 unspecified atom stereocenters. The molecule has 2 aromatic rings. The summed E-state index contributed by atoms with van der Waals surface area (Å²) in [6, 6.07) is 8.21. The van der Waals surface area contributed by atoms with Crippen LogP contribution in [0.3, 0.4) is 0 Å². The quantitative estimate of drug-likeness (QED) is 0.908. The minimum atomic E-state index is -0.00803. The van der Waals surface area contributed by atoms with Crippen LogP contribution in [0.1, 0.15) is 24.1 Å². The molecule has 3 rings (SSSR count). The summed E-state index contributed by atoms with van der Waals surface area (Å²) in [5.74, 6) is 0. The van der Waals surface area contributed by atoms with E-state index in [9.17, 15) is 9.90 Å². The first-order valence-corrected chi connectivity index (χ1v) is 7.65. The third-order valence-corrected chi connectivity index (χ3v) is 4.54. The van der Waals surface area contributed by atoms with Crippen molar-refractivity contribution in [2.75, 3.05) is 19.7 Å². The van der Waals surface area contributed by atoms with Crippen molar-refractivity contribution in [2.45, 2.75) is 32.2 Å². The maximum absolute atomic E-state index is 12.2. The molecule has 0 saturated carbocycles. The zero-order chi connectivity index (χ0) is 14.8. The number of rotatable bonds is 4. The number of aromatic amines is 1. The predicted molar refractivity (Wildman–Crippen MR) is 91.9 cm³/mol. The van der Waals surface area contributed by atoms with E-state index >= 15 is 0 Å². The normalized spacial score (nSPS) is 18.5. The molecule has 1 atom stereocenters. The zero-order valence-corrected chi connectivity index (χ0v) is 13.7. The topological polar surface area (TPSA) is 56.3 Å². The third-order valence-electron chi connectivity index (χ3n) is 4.54. The second-order valence-corrected chi connectivity index (χ2v) is 5.92. The van der Waals surface area contributed by atoms with E-state index in [2.05, 4.69) is 16.0 Å². The van der Waals surface area contributed by atoms with Crippen LogP contribution in [0.25, 0.3) is 10.8 Å². The van der Waals surface area contributed by atoms with Gasteiger partial charge in [0, 0.05) is 30.1 Å². The van der Waals surface area contributed by atoms with Crippen LogP contribution in [0, 0.1) is 6.92 Å². The molecule has 2 heterocycles. The Hall–Kier alpha value is -1.36. The van der Waals surface area contributed by atoms with Crippen molar-refractivity contribution < 1.29 is 5.11 Å². The molecule has 1 aromatic carbocycles. The molecule has 120 valence electrons. The highest BCUT2D eigenvalue weighted by atomic mass is 35.5. The molecule has 1 aliphatic heterocycles. The van der Waals surface area contributed by atoms with Gasteiger partial charge in [0.15, 0.2) is 0 Å². The molecule has 1 fully saturated rings. The fraction of sp³-hybridized carbons (Fsp3) is 0.471. The van der Waals surface area contributed by atoms with Crippen LogP contribution >= 0.6 is 12.4 Å². The van der Waals surface area contributed by atoms with E-state index in [0.717, 1.165) is 54.4 Å². The van der Waals surface area contributed by atoms with Gasteiger partial charge in [0.2, 0.25) is 0 Å². The molecule has 0 bridgehead atoms. The molecule has 4 nitrogen and oxygen atoms in total. The van der Waals surface area contributed by atoms with Gasteiger partial charge in [-0.05, 0) is 49.4 Å². The third kappa shape index (κ3) is 3.35. The molecule has 1 saturated heterocycles. The smallest absolute Gasteiger partial charge is 0.256 e. The average molecular weight is 323 g/mol. The molecule has 0 amide bonds. The summed E-state index contributed by atoms with van der Waals surface area (Å²) >= 11 is 0. The maximum atomic E-state index is 12.2. The molecule has 0 spiro atoms. The number of aromatic nitrogens is 1. The van der Waals surface area contributed by atoms with E-state index in [1.165, 1.54) is 0 Å². The van der Waals surface area contributed by atoms with Gasteiger partial charge in [-0.3, -0.25) is 9.69 Å². The number of hydrogen-bond donors (Lipinski definition) is 2. The zero-order valence-electron chi connectivity index (χ0n) is 12.8. The van der Waals surface area contributed by atoms with Crippen LogP contribution in [0.4, 0.5) is 0 Å². The lowest BCUT2D eigenvalue weighted by Gasteiger charge is -2.22. The van der Waals surface area contributed by atoms with Crippen LogP contribution in [-0.4, -0.2) is 40.7 Å². The molecule has 2 N–H and O–H groups in total. The summed E-state index contributed by atoms with van der Waals surface area (Å²) in [7, 11) is 0. The van der Waals surface area contributed by atoms with Gasteiger partial charge < -0.3 is 10.1 Å². The first-order valence-electron chi connectivity index (χ1n) is 7.65. The second kappa shape index (κ2) is 7.27. The van der Waals surface area contributed by atoms with Crippen LogP contribution in [0.5, 0.6) is 0 Å². The minimum absolute atomic E-state index is 0. The first kappa shape index (κ1) is 17.0. The van der Waals surface area contributed by atoms with Crippen LogP contribution < -0.4 is 5.56 Å². The van der Waals surface area contributed by atoms with Crippen LogP contribution in [-0.2, 0) is 6.42 Å². The molecule has 5 heteroatoms. The highest BCUT2D eigenvalue weighted by Crippen LogP contribution is 2.18. The average Bonchev–Trinajstić information content (AvgIpc) is 2.94. The molecule has 1 aromatic heterocycles. The molecule has 0 radical (unpaired) electrons. The standard InChI is InChI=1S/C17H22N2O2.ClH/c1-12-4-2-6-15-16(12)10-13(18-17(15)21)7-9-19-8-3-5-14(19)11-20;/h2,4,6,10,14,20H,3,5,7-9,11H2,1H3,(H,18,21);1H/t14-;/m1./s1. The number of nitrogens with zero attached hydrogens (tertiary/aromatic N) is 1. The highest BCUT2D eigenvalue weighted by Gasteiger charge is 2.23. The number of aliphatic hydroxyl groups excluding tert-OH is 1. The lowest BCUT2D eigenvalue weighted by molar-refractivity contribution is 0.160. The first-order chi connectivity index (χ1) is 10.2. The van der Waals surface area contributed by atoms with Gasteiger partial charge in [0.05, 0.1) is 6.61 Å². The number of benzene rings is 1. The van der Waals surface area contributed by atoms with Crippen LogP contribution in [0.2, 0.25) is 0 Å². The fourth-order valence-corrected chi connectivity index (χ4v) is 3.29. The molecule has 22 heavy (non-hydrogen) atoms. The largest absolute Gasteiger partial charge is 0.395 e. The maximum Gasteiger partial charge on any atom is 0.256 e. The number of H-pyrrole nitrogens is 1. The number of aliphatic hydroxyl groups is 1. The van der Waals surface area contributed by atoms with Gasteiger partial charge in [0.25, 0.3) is 5.56 Å². The Morgan fingerprint density at radius 1 is 1.36 bits per heavy atom. The van der Waals surface area contributed by atoms with Gasteiger partial charge in [-0.1, -0.05) is 12.1 Å². The Balaban J connectivity index is 0.00000176. The Morgan fingerprint density at radius 2 is 2.18 bits per heavy atom. The number of fused-ring (bicyclic) bond motifs is 1. The van der Waals surface area contributed by atoms with Gasteiger partial charge in [-0.15, -0.1) is 12.4 Å². The summed E-state index contributed by atoms with van der Waals surface area (Å²) in [4.78, 5) is 17.5. The molecule has 1 aliphatic rings. The predicted octanol–water partition coefficient (Wildman–Crippen LogP) is 2.26. The summed E-state index contributed by atoms with van der Waals surface area (Å²) in [5.41, 5.74) is 2.10. The number of pyridine rings is 1. The Bertz CT molecular complexity index is 699. The van der Waals surface area contributed by atoms with Crippen molar-refractivity contribution in [3.63, 3.8) is 0 Å². The van der Waals surface area contributed by atoms with E-state index in [4.69, 9.17) is 0 Å². The number of hydrogen-bond acceptors (Lipinski definition) is 3. The molecule has 0 aliphatic carbocycles. The second-order valence-electron chi connectivity index (χ2n) is 5.92. The van der Waals surface area contributed by atoms with E-state index in [1.54, 1.807) is 0 Å². The molecular weight excluding hydrogens is 300 g/mol. The Morgan fingerprint density at radius 3 is 2.95 bits per heavy atom. The Kier molecular flexibility index (Phi) is 5.62. The molecular formula is C17H23ClN2O2. The SMILES string of the molecule is Cc1cccc2c(=O)[nH]c(CCN3CCC[C@@H]3CO)cc12.Cl. The van der Waals surface area contributed by atoms with Crippen molar-refractivity contribution in [3.8, 4) is 0 Å². The number of nitrogens with one attached hydrogen (secondary N) is 1. The van der Waals surface area contributed by atoms with Crippen molar-refractivity contribution in [2.24, 2.45) is 0 Å². The van der Waals surface area contributed by atoms with Crippen molar-refractivity contribution in [1.82, 2.24) is 9.88 Å². The van der Waals surface area contributed by atoms with Crippen molar-refractivity contribution in [1.29, 1.82) is 0 Å². The summed E-state index contributed by atoms with van der Waals surface area (Å²) in [6.07, 6.45) is 3.04. The van der Waals surface area contributed by atoms with E-state index in [1.807, 2.05) is 25.1 Å². The monoisotopic (exact) mass is 322 g/mol. The van der Waals surface area contributed by atoms with E-state index in [0.29, 0.717) is 6.04 Å². The summed E-state index contributed by atoms with van der Waals surface area (Å²) in [5, 5.41) is 11.2. The Labute approximate surface area is 136 Å². The lowest BCUT2D eigenvalue weighted by Crippen LogP contribution is -2.34. The summed E-state index contributed by atoms with van der Waals surface area (Å²) < 4.78 is 0. The van der Waals surface area contributed by atoms with E-state index in [-0.39, 0.29) is 24.6 Å². The lowest BCUT2D eigenvalue weighted by atomic mass is 10.1. The number of likely N-dealkylation sites (tertiary alicyclic amines) is 1. The minimum Gasteiger partial charge on any atom is -0.395 e. The highest BCUT2D eigenvalue weighted by molar-refractivity contribution is 5.85. The fourth-order valence-electron chi connectivity index (χ4n) is 3.29. The van der Waals surface area contributed by atoms with Gasteiger partial charge >= 0.3 is 0 Å². The number of halogens is 1. The van der Waals surface area contributed by atoms with Crippen molar-refractivity contribution in [3.05, 3.63) is 45.9 Å². The van der Waals surface area contributed by atoms with Crippen molar-refractivity contribution >= 4 is 23.2 Å². The number of aryl methyl sites for hydroxylation is 1. The van der Waals surface area contributed by atoms with Gasteiger partial charge in [-0.25, -0.2) is 0 Å². The summed E-state index contributed by atoms with van der Waals surface area (Å²) in [6.45, 7) is 4.20. The van der Waals surface area contributed by atoms with E-state index < -0.39 is 0 Å². The van der Waals surface area contributed by atoms with Gasteiger partial charge in [-0.2, -0.15) is 0 Å².